The predicted octanol–water partition coefficient (Wildman–Crippen LogP) is 5.50. The zero-order valence-electron chi connectivity index (χ0n) is 17.0. The first-order valence-electron chi connectivity index (χ1n) is 9.85. The first-order valence-corrected chi connectivity index (χ1v) is 10.7. The Kier molecular flexibility index (Phi) is 7.33. The monoisotopic (exact) mass is 451 g/mol. The van der Waals surface area contributed by atoms with Crippen molar-refractivity contribution in [2.45, 2.75) is 37.2 Å². The Balaban J connectivity index is 1.60. The van der Waals surface area contributed by atoms with Crippen molar-refractivity contribution < 1.29 is 27.8 Å². The normalized spacial score (nSPS) is 19.0. The molecule has 0 aromatic heterocycles. The maximum Gasteiger partial charge on any atom is 0.422 e. The molecule has 0 fully saturated rings. The van der Waals surface area contributed by atoms with Crippen LogP contribution in [-0.4, -0.2) is 35.2 Å². The average Bonchev–Trinajstić information content (AvgIpc) is 3.10. The summed E-state index contributed by atoms with van der Waals surface area (Å²) in [5, 5.41) is 11.7. The molecule has 3 rings (SSSR count). The lowest BCUT2D eigenvalue weighted by atomic mass is 9.95. The number of hydrogen-bond donors (Lipinski definition) is 2. The van der Waals surface area contributed by atoms with Gasteiger partial charge in [0.05, 0.1) is 16.1 Å². The van der Waals surface area contributed by atoms with Crippen LogP contribution >= 0.6 is 11.8 Å². The largest absolute Gasteiger partial charge is 0.492 e. The van der Waals surface area contributed by atoms with E-state index in [2.05, 4.69) is 5.32 Å². The van der Waals surface area contributed by atoms with Gasteiger partial charge in [-0.1, -0.05) is 42.5 Å². The lowest BCUT2D eigenvalue weighted by Gasteiger charge is -2.24. The van der Waals surface area contributed by atoms with E-state index in [1.54, 1.807) is 49.4 Å². The van der Waals surface area contributed by atoms with Crippen LogP contribution in [-0.2, 0) is 11.3 Å². The highest BCUT2D eigenvalue weighted by molar-refractivity contribution is 8.05. The first kappa shape index (κ1) is 23.2. The van der Waals surface area contributed by atoms with E-state index in [0.717, 1.165) is 17.3 Å². The number of benzene rings is 2. The minimum absolute atomic E-state index is 0.0519. The van der Waals surface area contributed by atoms with Gasteiger partial charge in [-0.2, -0.15) is 13.2 Å². The van der Waals surface area contributed by atoms with E-state index in [0.29, 0.717) is 30.0 Å². The third-order valence-corrected chi connectivity index (χ3v) is 6.30. The smallest absolute Gasteiger partial charge is 0.422 e. The molecule has 8 heteroatoms. The van der Waals surface area contributed by atoms with Crippen molar-refractivity contribution in [3.8, 4) is 5.75 Å². The van der Waals surface area contributed by atoms with Gasteiger partial charge in [-0.3, -0.25) is 4.79 Å². The highest BCUT2D eigenvalue weighted by Gasteiger charge is 2.47. The summed E-state index contributed by atoms with van der Waals surface area (Å²) >= 11 is 0.833. The van der Waals surface area contributed by atoms with E-state index in [4.69, 9.17) is 9.84 Å². The van der Waals surface area contributed by atoms with Crippen LogP contribution in [0, 0.1) is 0 Å². The fourth-order valence-electron chi connectivity index (χ4n) is 3.35. The van der Waals surface area contributed by atoms with Crippen LogP contribution in [0.2, 0.25) is 0 Å². The van der Waals surface area contributed by atoms with Gasteiger partial charge in [0.25, 0.3) is 0 Å². The van der Waals surface area contributed by atoms with E-state index < -0.39 is 21.8 Å². The molecule has 1 atom stereocenters. The van der Waals surface area contributed by atoms with Crippen LogP contribution in [0.15, 0.2) is 59.5 Å². The summed E-state index contributed by atoms with van der Waals surface area (Å²) in [5.74, 6) is -0.272. The van der Waals surface area contributed by atoms with E-state index in [-0.39, 0.29) is 19.4 Å². The molecular weight excluding hydrogens is 427 g/mol. The van der Waals surface area contributed by atoms with Crippen LogP contribution in [0.25, 0.3) is 5.57 Å². The van der Waals surface area contributed by atoms with E-state index in [1.165, 1.54) is 0 Å². The Hall–Kier alpha value is -2.45. The van der Waals surface area contributed by atoms with Gasteiger partial charge in [0.2, 0.25) is 0 Å². The van der Waals surface area contributed by atoms with Gasteiger partial charge in [0.1, 0.15) is 12.4 Å². The maximum atomic E-state index is 13.7. The zero-order valence-corrected chi connectivity index (χ0v) is 17.9. The minimum Gasteiger partial charge on any atom is -0.492 e. The Bertz CT molecular complexity index is 929. The Morgan fingerprint density at radius 3 is 2.45 bits per heavy atom. The van der Waals surface area contributed by atoms with Gasteiger partial charge in [0.15, 0.2) is 0 Å². The highest BCUT2D eigenvalue weighted by atomic mass is 32.2. The molecule has 2 aromatic carbocycles. The fourth-order valence-corrected chi connectivity index (χ4v) is 4.60. The standard InChI is InChI=1S/C23H24F3NO3S/c1-22(13-19(17-5-3-2-4-6-17)21(31-22)23(24,25)26)15-30-18-9-7-16(8-10-18)14-27-12-11-20(28)29/h2-10,27H,11-15H2,1H3,(H,28,29). The van der Waals surface area contributed by atoms with Gasteiger partial charge in [-0.25, -0.2) is 0 Å². The Morgan fingerprint density at radius 2 is 1.84 bits per heavy atom. The Morgan fingerprint density at radius 1 is 1.16 bits per heavy atom. The van der Waals surface area contributed by atoms with Crippen LogP contribution in [0.4, 0.5) is 13.2 Å². The average molecular weight is 452 g/mol. The van der Waals surface area contributed by atoms with Crippen molar-refractivity contribution in [3.63, 3.8) is 0 Å². The number of allylic oxidation sites excluding steroid dienone is 2. The molecule has 4 nitrogen and oxygen atoms in total. The van der Waals surface area contributed by atoms with Crippen LogP contribution in [0.3, 0.4) is 0 Å². The molecule has 166 valence electrons. The number of halogens is 3. The quantitative estimate of drug-likeness (QED) is 0.493. The summed E-state index contributed by atoms with van der Waals surface area (Å²) in [6.45, 7) is 2.84. The second kappa shape index (κ2) is 9.78. The van der Waals surface area contributed by atoms with Crippen molar-refractivity contribution in [1.29, 1.82) is 0 Å². The number of nitrogens with one attached hydrogen (secondary N) is 1. The number of carboxylic acid groups (broad SMARTS) is 1. The number of carbonyl (C=O) groups is 1. The SMILES string of the molecule is CC1(COc2ccc(CNCCC(=O)O)cc2)CC(c2ccccc2)=C(C(F)(F)F)S1. The molecule has 1 unspecified atom stereocenters. The molecule has 1 heterocycles. The number of aliphatic carboxylic acids is 1. The van der Waals surface area contributed by atoms with Crippen molar-refractivity contribution in [2.75, 3.05) is 13.2 Å². The Labute approximate surface area is 183 Å². The number of ether oxygens (including phenoxy) is 1. The molecule has 0 aliphatic carbocycles. The third kappa shape index (κ3) is 6.51. The molecule has 1 aliphatic heterocycles. The second-order valence-electron chi connectivity index (χ2n) is 7.65. The predicted molar refractivity (Wildman–Crippen MR) is 116 cm³/mol. The van der Waals surface area contributed by atoms with Gasteiger partial charge < -0.3 is 15.2 Å². The van der Waals surface area contributed by atoms with Crippen LogP contribution in [0.1, 0.15) is 30.9 Å². The third-order valence-electron chi connectivity index (χ3n) is 4.87. The molecule has 0 spiro atoms. The van der Waals surface area contributed by atoms with Gasteiger partial charge in [-0.05, 0) is 42.2 Å². The number of rotatable bonds is 9. The lowest BCUT2D eigenvalue weighted by molar-refractivity contribution is -0.136. The summed E-state index contributed by atoms with van der Waals surface area (Å²) in [5.41, 5.74) is 1.87. The summed E-state index contributed by atoms with van der Waals surface area (Å²) < 4.78 is 46.1. The molecule has 0 radical (unpaired) electrons. The van der Waals surface area contributed by atoms with Crippen molar-refractivity contribution in [3.05, 3.63) is 70.6 Å². The van der Waals surface area contributed by atoms with Gasteiger partial charge >= 0.3 is 12.1 Å². The van der Waals surface area contributed by atoms with Crippen LogP contribution in [0.5, 0.6) is 5.75 Å². The van der Waals surface area contributed by atoms with Gasteiger partial charge in [-0.15, -0.1) is 11.8 Å². The maximum absolute atomic E-state index is 13.7. The summed E-state index contributed by atoms with van der Waals surface area (Å²) in [4.78, 5) is 9.97. The molecule has 2 aromatic rings. The molecule has 0 saturated heterocycles. The minimum atomic E-state index is -4.40. The number of alkyl halides is 3. The highest BCUT2D eigenvalue weighted by Crippen LogP contribution is 2.55. The van der Waals surface area contributed by atoms with E-state index in [9.17, 15) is 18.0 Å². The summed E-state index contributed by atoms with van der Waals surface area (Å²) in [6.07, 6.45) is -4.08. The first-order chi connectivity index (χ1) is 14.7. The number of thioether (sulfide) groups is 1. The molecule has 0 amide bonds. The molecular formula is C23H24F3NO3S. The lowest BCUT2D eigenvalue weighted by Crippen LogP contribution is -2.27. The van der Waals surface area contributed by atoms with Crippen molar-refractivity contribution >= 4 is 23.3 Å². The topological polar surface area (TPSA) is 58.6 Å². The fraction of sp³-hybridized carbons (Fsp3) is 0.348. The van der Waals surface area contributed by atoms with Gasteiger partial charge in [0, 0.05) is 13.1 Å². The number of hydrogen-bond acceptors (Lipinski definition) is 4. The molecule has 1 aliphatic rings. The second-order valence-corrected chi connectivity index (χ2v) is 9.25. The molecule has 0 bridgehead atoms. The van der Waals surface area contributed by atoms with Crippen molar-refractivity contribution in [1.82, 2.24) is 5.32 Å². The molecule has 31 heavy (non-hydrogen) atoms. The molecule has 0 saturated carbocycles. The zero-order chi connectivity index (χ0) is 22.5. The van der Waals surface area contributed by atoms with Crippen molar-refractivity contribution in [2.24, 2.45) is 0 Å². The summed E-state index contributed by atoms with van der Waals surface area (Å²) in [7, 11) is 0. The molecule has 2 N–H and O–H groups in total. The van der Waals surface area contributed by atoms with Crippen LogP contribution < -0.4 is 10.1 Å². The number of carboxylic acids is 1. The van der Waals surface area contributed by atoms with E-state index in [1.807, 2.05) is 12.1 Å². The summed E-state index contributed by atoms with van der Waals surface area (Å²) in [6, 6.07) is 15.9. The van der Waals surface area contributed by atoms with E-state index >= 15 is 0 Å².